The van der Waals surface area contributed by atoms with E-state index < -0.39 is 0 Å². The zero-order chi connectivity index (χ0) is 13.7. The molecule has 1 N–H and O–H groups in total. The van der Waals surface area contributed by atoms with E-state index in [9.17, 15) is 4.79 Å². The van der Waals surface area contributed by atoms with Crippen LogP contribution in [0, 0.1) is 5.92 Å². The fourth-order valence-electron chi connectivity index (χ4n) is 2.85. The van der Waals surface area contributed by atoms with Gasteiger partial charge < -0.3 is 10.1 Å². The molecule has 104 valence electrons. The highest BCUT2D eigenvalue weighted by atomic mass is 16.5. The van der Waals surface area contributed by atoms with Gasteiger partial charge in [-0.05, 0) is 32.3 Å². The fourth-order valence-corrected chi connectivity index (χ4v) is 2.85. The van der Waals surface area contributed by atoms with Gasteiger partial charge in [0.2, 0.25) is 0 Å². The molecule has 1 saturated carbocycles. The largest absolute Gasteiger partial charge is 0.466 e. The van der Waals surface area contributed by atoms with Gasteiger partial charge in [0.25, 0.3) is 0 Å². The maximum atomic E-state index is 11.9. The summed E-state index contributed by atoms with van der Waals surface area (Å²) in [4.78, 5) is 11.9. The predicted octanol–water partition coefficient (Wildman–Crippen LogP) is 3.07. The zero-order valence-corrected chi connectivity index (χ0v) is 11.8. The number of carbonyl (C=O) groups excluding carboxylic acids is 1. The summed E-state index contributed by atoms with van der Waals surface area (Å²) in [7, 11) is 0. The molecule has 0 unspecified atom stereocenters. The molecule has 3 nitrogen and oxygen atoms in total. The highest BCUT2D eigenvalue weighted by molar-refractivity contribution is 5.73. The van der Waals surface area contributed by atoms with Crippen LogP contribution in [0.2, 0.25) is 0 Å². The van der Waals surface area contributed by atoms with Crippen LogP contribution >= 0.6 is 0 Å². The van der Waals surface area contributed by atoms with Crippen molar-refractivity contribution in [1.82, 2.24) is 5.32 Å². The minimum atomic E-state index is -0.0437. The van der Waals surface area contributed by atoms with Crippen molar-refractivity contribution >= 4 is 5.97 Å². The monoisotopic (exact) mass is 261 g/mol. The summed E-state index contributed by atoms with van der Waals surface area (Å²) in [5.41, 5.74) is 1.26. The molecule has 0 saturated heterocycles. The highest BCUT2D eigenvalue weighted by Gasteiger charge is 2.34. The van der Waals surface area contributed by atoms with Crippen molar-refractivity contribution in [3.63, 3.8) is 0 Å². The third kappa shape index (κ3) is 3.57. The number of carbonyl (C=O) groups is 1. The van der Waals surface area contributed by atoms with Crippen molar-refractivity contribution in [3.8, 4) is 0 Å². The Morgan fingerprint density at radius 2 is 2.11 bits per heavy atom. The zero-order valence-electron chi connectivity index (χ0n) is 11.8. The third-order valence-electron chi connectivity index (χ3n) is 3.87. The molecule has 0 heterocycles. The van der Waals surface area contributed by atoms with Gasteiger partial charge in [-0.3, -0.25) is 4.79 Å². The second-order valence-electron chi connectivity index (χ2n) is 5.19. The molecule has 1 aliphatic rings. The SMILES string of the molecule is CCOC(=O)[C@H]1CCC[C@@H]1N[C@H](C)c1ccccc1. The first-order valence-electron chi connectivity index (χ1n) is 7.20. The van der Waals surface area contributed by atoms with Crippen LogP contribution in [0.4, 0.5) is 0 Å². The Morgan fingerprint density at radius 1 is 1.37 bits per heavy atom. The first-order chi connectivity index (χ1) is 9.22. The van der Waals surface area contributed by atoms with Gasteiger partial charge in [-0.1, -0.05) is 36.8 Å². The second-order valence-corrected chi connectivity index (χ2v) is 5.19. The second kappa shape index (κ2) is 6.71. The molecule has 0 aliphatic heterocycles. The van der Waals surface area contributed by atoms with E-state index in [1.165, 1.54) is 5.56 Å². The number of hydrogen-bond donors (Lipinski definition) is 1. The maximum absolute atomic E-state index is 11.9. The molecule has 0 amide bonds. The lowest BCUT2D eigenvalue weighted by molar-refractivity contribution is -0.148. The minimum absolute atomic E-state index is 0.0195. The Morgan fingerprint density at radius 3 is 2.79 bits per heavy atom. The normalized spacial score (nSPS) is 24.1. The lowest BCUT2D eigenvalue weighted by Gasteiger charge is -2.24. The van der Waals surface area contributed by atoms with Gasteiger partial charge >= 0.3 is 5.97 Å². The number of esters is 1. The summed E-state index contributed by atoms with van der Waals surface area (Å²) in [5.74, 6) is -0.0242. The van der Waals surface area contributed by atoms with E-state index in [0.717, 1.165) is 19.3 Å². The van der Waals surface area contributed by atoms with Gasteiger partial charge in [-0.25, -0.2) is 0 Å². The molecule has 2 rings (SSSR count). The van der Waals surface area contributed by atoms with E-state index in [4.69, 9.17) is 4.74 Å². The van der Waals surface area contributed by atoms with Crippen molar-refractivity contribution in [1.29, 1.82) is 0 Å². The molecular formula is C16H23NO2. The molecule has 0 bridgehead atoms. The molecule has 3 atom stereocenters. The number of hydrogen-bond acceptors (Lipinski definition) is 3. The van der Waals surface area contributed by atoms with Crippen LogP contribution in [0.1, 0.15) is 44.7 Å². The lowest BCUT2D eigenvalue weighted by atomic mass is 10.0. The van der Waals surface area contributed by atoms with Crippen LogP contribution in [0.5, 0.6) is 0 Å². The van der Waals surface area contributed by atoms with Crippen LogP contribution in [-0.4, -0.2) is 18.6 Å². The molecule has 0 radical (unpaired) electrons. The molecule has 1 aromatic rings. The lowest BCUT2D eigenvalue weighted by Crippen LogP contribution is -2.38. The standard InChI is InChI=1S/C16H23NO2/c1-3-19-16(18)14-10-7-11-15(14)17-12(2)13-8-5-4-6-9-13/h4-6,8-9,12,14-15,17H,3,7,10-11H2,1-2H3/t12-,14+,15+/m1/s1. The molecular weight excluding hydrogens is 238 g/mol. The van der Waals surface area contributed by atoms with Crippen LogP contribution in [0.15, 0.2) is 30.3 Å². The van der Waals surface area contributed by atoms with Gasteiger partial charge in [0.1, 0.15) is 0 Å². The van der Waals surface area contributed by atoms with E-state index in [-0.39, 0.29) is 24.0 Å². The number of benzene rings is 1. The summed E-state index contributed by atoms with van der Waals surface area (Å²) in [5, 5.41) is 3.58. The van der Waals surface area contributed by atoms with Crippen molar-refractivity contribution in [2.75, 3.05) is 6.61 Å². The Bertz CT molecular complexity index is 404. The first-order valence-corrected chi connectivity index (χ1v) is 7.20. The molecule has 0 spiro atoms. The molecule has 3 heteroatoms. The van der Waals surface area contributed by atoms with Gasteiger partial charge in [0.05, 0.1) is 12.5 Å². The minimum Gasteiger partial charge on any atom is -0.466 e. The highest BCUT2D eigenvalue weighted by Crippen LogP contribution is 2.29. The molecule has 19 heavy (non-hydrogen) atoms. The first kappa shape index (κ1) is 14.1. The van der Waals surface area contributed by atoms with E-state index in [1.807, 2.05) is 25.1 Å². The van der Waals surface area contributed by atoms with Crippen LogP contribution < -0.4 is 5.32 Å². The van der Waals surface area contributed by atoms with Gasteiger partial charge in [-0.2, -0.15) is 0 Å². The van der Waals surface area contributed by atoms with E-state index in [2.05, 4.69) is 24.4 Å². The van der Waals surface area contributed by atoms with Crippen molar-refractivity contribution in [2.24, 2.45) is 5.92 Å². The average Bonchev–Trinajstić information content (AvgIpc) is 2.88. The van der Waals surface area contributed by atoms with E-state index in [0.29, 0.717) is 6.61 Å². The summed E-state index contributed by atoms with van der Waals surface area (Å²) in [6, 6.07) is 10.9. The number of ether oxygens (including phenoxy) is 1. The summed E-state index contributed by atoms with van der Waals surface area (Å²) in [6.45, 7) is 4.48. The fraction of sp³-hybridized carbons (Fsp3) is 0.562. The Hall–Kier alpha value is -1.35. The third-order valence-corrected chi connectivity index (χ3v) is 3.87. The van der Waals surface area contributed by atoms with E-state index >= 15 is 0 Å². The molecule has 1 aliphatic carbocycles. The van der Waals surface area contributed by atoms with Crippen molar-refractivity contribution in [2.45, 2.75) is 45.2 Å². The van der Waals surface area contributed by atoms with E-state index in [1.54, 1.807) is 0 Å². The maximum Gasteiger partial charge on any atom is 0.310 e. The molecule has 0 aromatic heterocycles. The van der Waals surface area contributed by atoms with Gasteiger partial charge in [0, 0.05) is 12.1 Å². The predicted molar refractivity (Wildman–Crippen MR) is 75.8 cm³/mol. The smallest absolute Gasteiger partial charge is 0.310 e. The number of rotatable bonds is 5. The van der Waals surface area contributed by atoms with Crippen LogP contribution in [0.25, 0.3) is 0 Å². The van der Waals surface area contributed by atoms with Crippen LogP contribution in [0.3, 0.4) is 0 Å². The molecule has 1 aromatic carbocycles. The average molecular weight is 261 g/mol. The topological polar surface area (TPSA) is 38.3 Å². The summed E-state index contributed by atoms with van der Waals surface area (Å²) >= 11 is 0. The van der Waals surface area contributed by atoms with Crippen LogP contribution in [-0.2, 0) is 9.53 Å². The number of nitrogens with one attached hydrogen (secondary N) is 1. The van der Waals surface area contributed by atoms with Gasteiger partial charge in [-0.15, -0.1) is 0 Å². The molecule has 1 fully saturated rings. The van der Waals surface area contributed by atoms with Crippen molar-refractivity contribution in [3.05, 3.63) is 35.9 Å². The van der Waals surface area contributed by atoms with Gasteiger partial charge in [0.15, 0.2) is 0 Å². The van der Waals surface area contributed by atoms with Crippen molar-refractivity contribution < 1.29 is 9.53 Å². The Balaban J connectivity index is 1.96. The Labute approximate surface area is 115 Å². The summed E-state index contributed by atoms with van der Waals surface area (Å²) < 4.78 is 5.16. The quantitative estimate of drug-likeness (QED) is 0.828. The Kier molecular flexibility index (Phi) is 4.97. The summed E-state index contributed by atoms with van der Waals surface area (Å²) in [6.07, 6.45) is 3.10.